The number of aromatic nitrogens is 4. The molecule has 7 heteroatoms. The quantitative estimate of drug-likeness (QED) is 0.686. The Morgan fingerprint density at radius 3 is 3.00 bits per heavy atom. The first-order valence-corrected chi connectivity index (χ1v) is 8.89. The topological polar surface area (TPSA) is 81.5 Å². The fraction of sp³-hybridized carbons (Fsp3) is 0.368. The maximum atomic E-state index is 13.5. The molecule has 0 radical (unpaired) electrons. The van der Waals surface area contributed by atoms with Crippen LogP contribution in [0.5, 0.6) is 0 Å². The molecule has 1 saturated heterocycles. The van der Waals surface area contributed by atoms with Crippen molar-refractivity contribution in [2.24, 2.45) is 0 Å². The summed E-state index contributed by atoms with van der Waals surface area (Å²) in [7, 11) is 0. The lowest BCUT2D eigenvalue weighted by atomic mass is 9.96. The monoisotopic (exact) mass is 352 g/mol. The van der Waals surface area contributed by atoms with Crippen LogP contribution in [0.15, 0.2) is 30.6 Å². The van der Waals surface area contributed by atoms with E-state index < -0.39 is 6.17 Å². The van der Waals surface area contributed by atoms with Crippen molar-refractivity contribution < 1.29 is 4.39 Å². The average molecular weight is 352 g/mol. The van der Waals surface area contributed by atoms with Crippen LogP contribution in [0.25, 0.3) is 22.3 Å². The number of hydrogen-bond acceptors (Lipinski definition) is 5. The first-order valence-electron chi connectivity index (χ1n) is 8.89. The molecule has 3 heterocycles. The van der Waals surface area contributed by atoms with E-state index in [0.29, 0.717) is 25.2 Å². The fourth-order valence-electron chi connectivity index (χ4n) is 3.48. The van der Waals surface area contributed by atoms with E-state index >= 15 is 0 Å². The zero-order valence-corrected chi connectivity index (χ0v) is 14.6. The standard InChI is InChI=1S/C19H21FN6/c1-2-12(9-21)13-3-4-16-15(7-13)19(25-24-16)17-8-18(23-11-22-17)26-6-5-14(20)10-26/h3-4,7-9,11-12,14,21H,2,5-6,10H2,1H3,(H,24,25). The number of anilines is 1. The molecule has 26 heavy (non-hydrogen) atoms. The number of nitrogens with one attached hydrogen (secondary N) is 2. The molecule has 0 saturated carbocycles. The Bertz CT molecular complexity index is 937. The van der Waals surface area contributed by atoms with E-state index in [-0.39, 0.29) is 5.92 Å². The van der Waals surface area contributed by atoms with Gasteiger partial charge in [-0.3, -0.25) is 5.10 Å². The minimum Gasteiger partial charge on any atom is -0.353 e. The van der Waals surface area contributed by atoms with E-state index in [1.807, 2.05) is 23.1 Å². The Hall–Kier alpha value is -2.83. The minimum absolute atomic E-state index is 0.0918. The van der Waals surface area contributed by atoms with Crippen molar-refractivity contribution in [3.05, 3.63) is 36.2 Å². The summed E-state index contributed by atoms with van der Waals surface area (Å²) in [6.07, 6.45) is 3.60. The molecule has 2 atom stereocenters. The van der Waals surface area contributed by atoms with Crippen molar-refractivity contribution in [1.82, 2.24) is 20.2 Å². The van der Waals surface area contributed by atoms with Gasteiger partial charge in [0.2, 0.25) is 0 Å². The number of aromatic amines is 1. The Morgan fingerprint density at radius 1 is 1.38 bits per heavy atom. The maximum absolute atomic E-state index is 13.5. The van der Waals surface area contributed by atoms with Crippen molar-refractivity contribution in [2.75, 3.05) is 18.0 Å². The minimum atomic E-state index is -0.797. The summed E-state index contributed by atoms with van der Waals surface area (Å²) in [5, 5.41) is 16.1. The summed E-state index contributed by atoms with van der Waals surface area (Å²) in [5.74, 6) is 0.822. The number of alkyl halides is 1. The molecule has 2 unspecified atom stereocenters. The lowest BCUT2D eigenvalue weighted by Gasteiger charge is -2.16. The summed E-state index contributed by atoms with van der Waals surface area (Å²) >= 11 is 0. The van der Waals surface area contributed by atoms with Crippen LogP contribution in [0.1, 0.15) is 31.2 Å². The van der Waals surface area contributed by atoms with Gasteiger partial charge >= 0.3 is 0 Å². The molecule has 1 aliphatic heterocycles. The van der Waals surface area contributed by atoms with Gasteiger partial charge in [-0.2, -0.15) is 5.10 Å². The summed E-state index contributed by atoms with van der Waals surface area (Å²) < 4.78 is 13.5. The predicted molar refractivity (Wildman–Crippen MR) is 101 cm³/mol. The number of fused-ring (bicyclic) bond motifs is 1. The van der Waals surface area contributed by atoms with E-state index in [0.717, 1.165) is 34.4 Å². The van der Waals surface area contributed by atoms with Crippen LogP contribution in [-0.4, -0.2) is 45.6 Å². The van der Waals surface area contributed by atoms with Crippen LogP contribution in [-0.2, 0) is 0 Å². The highest BCUT2D eigenvalue weighted by atomic mass is 19.1. The van der Waals surface area contributed by atoms with Crippen LogP contribution < -0.4 is 4.90 Å². The molecule has 0 amide bonds. The van der Waals surface area contributed by atoms with Crippen molar-refractivity contribution >= 4 is 22.9 Å². The lowest BCUT2D eigenvalue weighted by molar-refractivity contribution is 0.364. The van der Waals surface area contributed by atoms with Crippen molar-refractivity contribution in [3.8, 4) is 11.4 Å². The van der Waals surface area contributed by atoms with Gasteiger partial charge in [0.15, 0.2) is 0 Å². The van der Waals surface area contributed by atoms with Gasteiger partial charge in [-0.05, 0) is 30.5 Å². The Kier molecular flexibility index (Phi) is 4.36. The molecule has 1 aliphatic rings. The van der Waals surface area contributed by atoms with Gasteiger partial charge in [-0.25, -0.2) is 14.4 Å². The Labute approximate surface area is 151 Å². The third kappa shape index (κ3) is 2.94. The van der Waals surface area contributed by atoms with Crippen LogP contribution >= 0.6 is 0 Å². The number of halogens is 1. The SMILES string of the molecule is CCC(C=N)c1ccc2[nH]nc(-c3cc(N4CCC(F)C4)ncn3)c2c1. The van der Waals surface area contributed by atoms with E-state index in [9.17, 15) is 4.39 Å². The Balaban J connectivity index is 1.74. The van der Waals surface area contributed by atoms with Crippen LogP contribution in [0.3, 0.4) is 0 Å². The van der Waals surface area contributed by atoms with E-state index in [1.165, 1.54) is 12.5 Å². The normalized spacial score (nSPS) is 18.4. The highest BCUT2D eigenvalue weighted by molar-refractivity contribution is 5.93. The van der Waals surface area contributed by atoms with Crippen LogP contribution in [0.4, 0.5) is 10.2 Å². The molecular formula is C19H21FN6. The molecule has 1 fully saturated rings. The van der Waals surface area contributed by atoms with Crippen molar-refractivity contribution in [3.63, 3.8) is 0 Å². The zero-order valence-electron chi connectivity index (χ0n) is 14.6. The van der Waals surface area contributed by atoms with E-state index in [1.54, 1.807) is 0 Å². The molecule has 2 aromatic heterocycles. The molecule has 0 aliphatic carbocycles. The lowest BCUT2D eigenvalue weighted by Crippen LogP contribution is -2.21. The maximum Gasteiger partial charge on any atom is 0.132 e. The van der Waals surface area contributed by atoms with Gasteiger partial charge in [-0.15, -0.1) is 0 Å². The van der Waals surface area contributed by atoms with Gasteiger partial charge in [-0.1, -0.05) is 13.0 Å². The van der Waals surface area contributed by atoms with Gasteiger partial charge < -0.3 is 10.3 Å². The highest BCUT2D eigenvalue weighted by Crippen LogP contribution is 2.30. The average Bonchev–Trinajstić information content (AvgIpc) is 3.29. The van der Waals surface area contributed by atoms with E-state index in [4.69, 9.17) is 5.41 Å². The summed E-state index contributed by atoms with van der Waals surface area (Å²) in [5.41, 5.74) is 3.48. The molecule has 0 bridgehead atoms. The largest absolute Gasteiger partial charge is 0.353 e. The van der Waals surface area contributed by atoms with Crippen LogP contribution in [0.2, 0.25) is 0 Å². The first kappa shape index (κ1) is 16.6. The summed E-state index contributed by atoms with van der Waals surface area (Å²) in [6, 6.07) is 7.96. The van der Waals surface area contributed by atoms with Crippen molar-refractivity contribution in [2.45, 2.75) is 31.9 Å². The molecule has 134 valence electrons. The molecule has 4 rings (SSSR count). The first-order chi connectivity index (χ1) is 12.7. The smallest absolute Gasteiger partial charge is 0.132 e. The third-order valence-electron chi connectivity index (χ3n) is 5.01. The van der Waals surface area contributed by atoms with Crippen LogP contribution in [0, 0.1) is 5.41 Å². The number of nitrogens with zero attached hydrogens (tertiary/aromatic N) is 4. The second-order valence-corrected chi connectivity index (χ2v) is 6.65. The number of benzene rings is 1. The third-order valence-corrected chi connectivity index (χ3v) is 5.01. The van der Waals surface area contributed by atoms with Crippen molar-refractivity contribution in [1.29, 1.82) is 5.41 Å². The summed E-state index contributed by atoms with van der Waals surface area (Å²) in [6.45, 7) is 3.11. The molecular weight excluding hydrogens is 331 g/mol. The van der Waals surface area contributed by atoms with Gasteiger partial charge in [0.1, 0.15) is 24.0 Å². The molecule has 3 aromatic rings. The number of H-pyrrole nitrogens is 1. The predicted octanol–water partition coefficient (Wildman–Crippen LogP) is 3.71. The number of hydrogen-bond donors (Lipinski definition) is 2. The zero-order chi connectivity index (χ0) is 18.1. The second-order valence-electron chi connectivity index (χ2n) is 6.65. The van der Waals surface area contributed by atoms with Gasteiger partial charge in [0.05, 0.1) is 17.8 Å². The van der Waals surface area contributed by atoms with Gasteiger partial charge in [0.25, 0.3) is 0 Å². The molecule has 2 N–H and O–H groups in total. The molecule has 0 spiro atoms. The van der Waals surface area contributed by atoms with Gasteiger partial charge in [0, 0.05) is 30.1 Å². The molecule has 1 aromatic carbocycles. The highest BCUT2D eigenvalue weighted by Gasteiger charge is 2.23. The second kappa shape index (κ2) is 6.82. The summed E-state index contributed by atoms with van der Waals surface area (Å²) in [4.78, 5) is 10.6. The van der Waals surface area contributed by atoms with E-state index in [2.05, 4.69) is 33.2 Å². The fourth-order valence-corrected chi connectivity index (χ4v) is 3.48. The molecule has 6 nitrogen and oxygen atoms in total. The Morgan fingerprint density at radius 2 is 2.27 bits per heavy atom. The number of rotatable bonds is 5.